The molecule has 90 valence electrons. The zero-order valence-corrected chi connectivity index (χ0v) is 11.1. The molecule has 2 nitrogen and oxygen atoms in total. The van der Waals surface area contributed by atoms with Crippen LogP contribution in [0.25, 0.3) is 11.3 Å². The molecule has 0 aliphatic carbocycles. The SMILES string of the molecule is CC(C)C(C)c1nc(-c2ccccc2)c(Cl)[nH]1. The molecule has 0 aliphatic rings. The first-order valence-corrected chi connectivity index (χ1v) is 6.28. The molecule has 0 amide bonds. The molecule has 1 aromatic heterocycles. The van der Waals surface area contributed by atoms with Gasteiger partial charge < -0.3 is 4.98 Å². The van der Waals surface area contributed by atoms with Gasteiger partial charge in [0, 0.05) is 11.5 Å². The molecule has 0 spiro atoms. The number of benzene rings is 1. The second-order valence-corrected chi connectivity index (χ2v) is 5.06. The summed E-state index contributed by atoms with van der Waals surface area (Å²) >= 11 is 6.21. The first-order valence-electron chi connectivity index (χ1n) is 5.90. The maximum Gasteiger partial charge on any atom is 0.134 e. The Labute approximate surface area is 107 Å². The fraction of sp³-hybridized carbons (Fsp3) is 0.357. The zero-order chi connectivity index (χ0) is 12.4. The molecule has 1 atom stereocenters. The van der Waals surface area contributed by atoms with Crippen LogP contribution in [0.1, 0.15) is 32.5 Å². The Bertz CT molecular complexity index is 488. The van der Waals surface area contributed by atoms with Crippen LogP contribution in [0.2, 0.25) is 5.15 Å². The van der Waals surface area contributed by atoms with Crippen molar-refractivity contribution in [3.63, 3.8) is 0 Å². The third-order valence-corrected chi connectivity index (χ3v) is 3.43. The van der Waals surface area contributed by atoms with E-state index < -0.39 is 0 Å². The molecular formula is C14H17ClN2. The van der Waals surface area contributed by atoms with Gasteiger partial charge in [0.2, 0.25) is 0 Å². The van der Waals surface area contributed by atoms with Gasteiger partial charge in [-0.2, -0.15) is 0 Å². The summed E-state index contributed by atoms with van der Waals surface area (Å²) in [6, 6.07) is 10.0. The van der Waals surface area contributed by atoms with E-state index in [1.807, 2.05) is 30.3 Å². The van der Waals surface area contributed by atoms with Crippen LogP contribution in [0.4, 0.5) is 0 Å². The van der Waals surface area contributed by atoms with Gasteiger partial charge in [-0.1, -0.05) is 62.7 Å². The lowest BCUT2D eigenvalue weighted by Crippen LogP contribution is -2.03. The standard InChI is InChI=1S/C14H17ClN2/c1-9(2)10(3)14-16-12(13(15)17-14)11-7-5-4-6-8-11/h4-10H,1-3H3,(H,16,17). The van der Waals surface area contributed by atoms with Crippen molar-refractivity contribution in [2.45, 2.75) is 26.7 Å². The average molecular weight is 249 g/mol. The number of aromatic nitrogens is 2. The van der Waals surface area contributed by atoms with Gasteiger partial charge >= 0.3 is 0 Å². The van der Waals surface area contributed by atoms with Crippen molar-refractivity contribution >= 4 is 11.6 Å². The van der Waals surface area contributed by atoms with E-state index in [-0.39, 0.29) is 0 Å². The van der Waals surface area contributed by atoms with Crippen LogP contribution in [0.15, 0.2) is 30.3 Å². The van der Waals surface area contributed by atoms with Crippen molar-refractivity contribution in [3.05, 3.63) is 41.3 Å². The van der Waals surface area contributed by atoms with Crippen LogP contribution in [0.5, 0.6) is 0 Å². The zero-order valence-electron chi connectivity index (χ0n) is 10.4. The van der Waals surface area contributed by atoms with E-state index in [1.165, 1.54) is 0 Å². The summed E-state index contributed by atoms with van der Waals surface area (Å²) in [4.78, 5) is 7.79. The summed E-state index contributed by atoms with van der Waals surface area (Å²) in [6.07, 6.45) is 0. The van der Waals surface area contributed by atoms with Gasteiger partial charge in [-0.15, -0.1) is 0 Å². The second kappa shape index (κ2) is 4.92. The number of aromatic amines is 1. The van der Waals surface area contributed by atoms with Gasteiger partial charge in [0.1, 0.15) is 16.7 Å². The van der Waals surface area contributed by atoms with Crippen molar-refractivity contribution in [1.29, 1.82) is 0 Å². The van der Waals surface area contributed by atoms with E-state index in [0.717, 1.165) is 17.1 Å². The van der Waals surface area contributed by atoms with Crippen LogP contribution < -0.4 is 0 Å². The van der Waals surface area contributed by atoms with Crippen molar-refractivity contribution in [2.75, 3.05) is 0 Å². The molecule has 1 aromatic carbocycles. The minimum atomic E-state index is 0.380. The molecule has 2 aromatic rings. The highest BCUT2D eigenvalue weighted by Gasteiger charge is 2.17. The lowest BCUT2D eigenvalue weighted by Gasteiger charge is -2.11. The number of hydrogen-bond donors (Lipinski definition) is 1. The molecule has 1 heterocycles. The Balaban J connectivity index is 2.38. The smallest absolute Gasteiger partial charge is 0.134 e. The minimum absolute atomic E-state index is 0.380. The van der Waals surface area contributed by atoms with Gasteiger partial charge in [0.05, 0.1) is 0 Å². The van der Waals surface area contributed by atoms with Gasteiger partial charge in [-0.05, 0) is 5.92 Å². The molecule has 0 bridgehead atoms. The van der Waals surface area contributed by atoms with Crippen LogP contribution in [-0.4, -0.2) is 9.97 Å². The Morgan fingerprint density at radius 3 is 2.35 bits per heavy atom. The third-order valence-electron chi connectivity index (χ3n) is 3.16. The monoisotopic (exact) mass is 248 g/mol. The highest BCUT2D eigenvalue weighted by Crippen LogP contribution is 2.29. The number of nitrogens with one attached hydrogen (secondary N) is 1. The van der Waals surface area contributed by atoms with Gasteiger partial charge in [-0.25, -0.2) is 4.98 Å². The Hall–Kier alpha value is -1.28. The molecule has 17 heavy (non-hydrogen) atoms. The predicted molar refractivity (Wildman–Crippen MR) is 72.3 cm³/mol. The molecule has 0 aliphatic heterocycles. The van der Waals surface area contributed by atoms with E-state index >= 15 is 0 Å². The van der Waals surface area contributed by atoms with E-state index in [9.17, 15) is 0 Å². The maximum atomic E-state index is 6.21. The summed E-state index contributed by atoms with van der Waals surface area (Å²) in [7, 11) is 0. The predicted octanol–water partition coefficient (Wildman–Crippen LogP) is 4.49. The number of hydrogen-bond acceptors (Lipinski definition) is 1. The van der Waals surface area contributed by atoms with Gasteiger partial charge in [0.15, 0.2) is 0 Å². The molecule has 1 N–H and O–H groups in total. The summed E-state index contributed by atoms with van der Waals surface area (Å²) in [5.74, 6) is 1.88. The molecule has 1 unspecified atom stereocenters. The first-order chi connectivity index (χ1) is 8.09. The number of imidazole rings is 1. The molecule has 0 radical (unpaired) electrons. The van der Waals surface area contributed by atoms with Gasteiger partial charge in [0.25, 0.3) is 0 Å². The van der Waals surface area contributed by atoms with E-state index in [2.05, 4.69) is 30.7 Å². The maximum absolute atomic E-state index is 6.21. The lowest BCUT2D eigenvalue weighted by atomic mass is 9.98. The molecule has 2 rings (SSSR count). The van der Waals surface area contributed by atoms with Crippen LogP contribution in [0.3, 0.4) is 0 Å². The second-order valence-electron chi connectivity index (χ2n) is 4.68. The summed E-state index contributed by atoms with van der Waals surface area (Å²) in [5.41, 5.74) is 1.89. The number of H-pyrrole nitrogens is 1. The number of halogens is 1. The highest BCUT2D eigenvalue weighted by molar-refractivity contribution is 6.31. The lowest BCUT2D eigenvalue weighted by molar-refractivity contribution is 0.514. The van der Waals surface area contributed by atoms with E-state index in [1.54, 1.807) is 0 Å². The fourth-order valence-corrected chi connectivity index (χ4v) is 1.94. The van der Waals surface area contributed by atoms with E-state index in [0.29, 0.717) is 17.0 Å². The highest BCUT2D eigenvalue weighted by atomic mass is 35.5. The third kappa shape index (κ3) is 2.52. The summed E-state index contributed by atoms with van der Waals surface area (Å²) in [5, 5.41) is 0.624. The normalized spacial score (nSPS) is 13.0. The Kier molecular flexibility index (Phi) is 3.53. The summed E-state index contributed by atoms with van der Waals surface area (Å²) in [6.45, 7) is 6.53. The Morgan fingerprint density at radius 2 is 1.76 bits per heavy atom. The van der Waals surface area contributed by atoms with Crippen molar-refractivity contribution in [3.8, 4) is 11.3 Å². The molecule has 3 heteroatoms. The minimum Gasteiger partial charge on any atom is -0.332 e. The number of rotatable bonds is 3. The van der Waals surface area contributed by atoms with Crippen LogP contribution >= 0.6 is 11.6 Å². The molecule has 0 fully saturated rings. The summed E-state index contributed by atoms with van der Waals surface area (Å²) < 4.78 is 0. The Morgan fingerprint density at radius 1 is 1.12 bits per heavy atom. The van der Waals surface area contributed by atoms with Crippen molar-refractivity contribution in [1.82, 2.24) is 9.97 Å². The van der Waals surface area contributed by atoms with E-state index in [4.69, 9.17) is 11.6 Å². The topological polar surface area (TPSA) is 28.7 Å². The quantitative estimate of drug-likeness (QED) is 0.852. The average Bonchev–Trinajstić information content (AvgIpc) is 2.71. The first kappa shape index (κ1) is 12.2. The molecular weight excluding hydrogens is 232 g/mol. The fourth-order valence-electron chi connectivity index (χ4n) is 1.69. The van der Waals surface area contributed by atoms with Crippen LogP contribution in [0, 0.1) is 5.92 Å². The largest absolute Gasteiger partial charge is 0.332 e. The van der Waals surface area contributed by atoms with Gasteiger partial charge in [-0.3, -0.25) is 0 Å². The van der Waals surface area contributed by atoms with Crippen LogP contribution in [-0.2, 0) is 0 Å². The van der Waals surface area contributed by atoms with Crippen molar-refractivity contribution in [2.24, 2.45) is 5.92 Å². The number of nitrogens with zero attached hydrogens (tertiary/aromatic N) is 1. The van der Waals surface area contributed by atoms with Crippen molar-refractivity contribution < 1.29 is 0 Å². The molecule has 0 saturated heterocycles. The molecule has 0 saturated carbocycles.